The van der Waals surface area contributed by atoms with E-state index in [0.29, 0.717) is 11.3 Å². The van der Waals surface area contributed by atoms with Crippen LogP contribution in [0.4, 0.5) is 5.69 Å². The maximum absolute atomic E-state index is 11.9. The van der Waals surface area contributed by atoms with E-state index >= 15 is 0 Å². The molecule has 2 aromatic rings. The summed E-state index contributed by atoms with van der Waals surface area (Å²) in [5.74, 6) is -0.336. The third-order valence-corrected chi connectivity index (χ3v) is 3.93. The van der Waals surface area contributed by atoms with Gasteiger partial charge in [0.15, 0.2) is 5.16 Å². The van der Waals surface area contributed by atoms with Crippen molar-refractivity contribution in [3.63, 3.8) is 0 Å². The van der Waals surface area contributed by atoms with Crippen molar-refractivity contribution < 1.29 is 9.59 Å². The van der Waals surface area contributed by atoms with Gasteiger partial charge < -0.3 is 15.6 Å². The van der Waals surface area contributed by atoms with Gasteiger partial charge in [0, 0.05) is 30.2 Å². The van der Waals surface area contributed by atoms with E-state index in [1.165, 1.54) is 11.8 Å². The van der Waals surface area contributed by atoms with E-state index in [2.05, 4.69) is 17.2 Å². The third-order valence-electron chi connectivity index (χ3n) is 2.93. The fourth-order valence-electron chi connectivity index (χ4n) is 1.89. The molecule has 1 aromatic heterocycles. The molecule has 0 saturated carbocycles. The van der Waals surface area contributed by atoms with Crippen molar-refractivity contribution in [3.05, 3.63) is 42.2 Å². The Bertz CT molecular complexity index is 652. The van der Waals surface area contributed by atoms with Crippen LogP contribution in [0.3, 0.4) is 0 Å². The molecular weight excluding hydrogens is 300 g/mol. The summed E-state index contributed by atoms with van der Waals surface area (Å²) >= 11 is 1.39. The van der Waals surface area contributed by atoms with Crippen LogP contribution < -0.4 is 11.1 Å². The third kappa shape index (κ3) is 4.36. The van der Waals surface area contributed by atoms with Gasteiger partial charge in [0.1, 0.15) is 0 Å². The first kappa shape index (κ1) is 16.1. The lowest BCUT2D eigenvalue weighted by atomic mass is 10.2. The van der Waals surface area contributed by atoms with Crippen molar-refractivity contribution in [3.8, 4) is 0 Å². The second-order valence-corrected chi connectivity index (χ2v) is 5.62. The Morgan fingerprint density at radius 1 is 1.32 bits per heavy atom. The number of thioether (sulfide) groups is 1. The Labute approximate surface area is 133 Å². The van der Waals surface area contributed by atoms with Gasteiger partial charge in [0.25, 0.3) is 0 Å². The van der Waals surface area contributed by atoms with Gasteiger partial charge in [-0.1, -0.05) is 18.7 Å². The Kier molecular flexibility index (Phi) is 5.60. The number of aromatic nitrogens is 2. The number of amides is 2. The zero-order valence-corrected chi connectivity index (χ0v) is 13.1. The molecule has 0 fully saturated rings. The lowest BCUT2D eigenvalue weighted by molar-refractivity contribution is -0.113. The van der Waals surface area contributed by atoms with E-state index in [0.717, 1.165) is 18.1 Å². The summed E-state index contributed by atoms with van der Waals surface area (Å²) in [7, 11) is 0. The lowest BCUT2D eigenvalue weighted by Gasteiger charge is -2.07. The van der Waals surface area contributed by atoms with Crippen molar-refractivity contribution in [2.45, 2.75) is 25.0 Å². The van der Waals surface area contributed by atoms with Crippen LogP contribution >= 0.6 is 11.8 Å². The van der Waals surface area contributed by atoms with E-state index in [-0.39, 0.29) is 11.7 Å². The Balaban J connectivity index is 1.87. The van der Waals surface area contributed by atoms with Crippen LogP contribution in [-0.2, 0) is 11.3 Å². The van der Waals surface area contributed by atoms with Gasteiger partial charge >= 0.3 is 0 Å². The van der Waals surface area contributed by atoms with Crippen molar-refractivity contribution in [2.75, 3.05) is 11.1 Å². The standard InChI is InChI=1S/C15H18N4O2S/c1-2-8-19-9-7-17-15(19)22-10-13(20)18-12-5-3-11(4-6-12)14(16)21/h3-7,9H,2,8,10H2,1H3,(H2,16,21)(H,18,20). The lowest BCUT2D eigenvalue weighted by Crippen LogP contribution is -2.15. The molecule has 2 amide bonds. The van der Waals surface area contributed by atoms with Gasteiger partial charge in [-0.3, -0.25) is 9.59 Å². The normalized spacial score (nSPS) is 10.4. The van der Waals surface area contributed by atoms with E-state index in [4.69, 9.17) is 5.73 Å². The molecule has 2 rings (SSSR count). The Hall–Kier alpha value is -2.28. The molecule has 22 heavy (non-hydrogen) atoms. The molecule has 0 radical (unpaired) electrons. The fraction of sp³-hybridized carbons (Fsp3) is 0.267. The first-order chi connectivity index (χ1) is 10.6. The molecule has 1 heterocycles. The SMILES string of the molecule is CCCn1ccnc1SCC(=O)Nc1ccc(C(N)=O)cc1. The smallest absolute Gasteiger partial charge is 0.248 e. The van der Waals surface area contributed by atoms with E-state index < -0.39 is 5.91 Å². The molecule has 0 bridgehead atoms. The van der Waals surface area contributed by atoms with Gasteiger partial charge in [0.05, 0.1) is 5.75 Å². The summed E-state index contributed by atoms with van der Waals surface area (Å²) in [6.07, 6.45) is 4.66. The number of anilines is 1. The van der Waals surface area contributed by atoms with Crippen LogP contribution in [0.25, 0.3) is 0 Å². The van der Waals surface area contributed by atoms with E-state index in [9.17, 15) is 9.59 Å². The van der Waals surface area contributed by atoms with Gasteiger partial charge in [-0.25, -0.2) is 4.98 Å². The molecule has 6 nitrogen and oxygen atoms in total. The van der Waals surface area contributed by atoms with Crippen molar-refractivity contribution in [1.29, 1.82) is 0 Å². The molecule has 1 aromatic carbocycles. The quantitative estimate of drug-likeness (QED) is 0.765. The van der Waals surface area contributed by atoms with Crippen molar-refractivity contribution in [1.82, 2.24) is 9.55 Å². The molecule has 0 unspecified atom stereocenters. The summed E-state index contributed by atoms with van der Waals surface area (Å²) in [6, 6.07) is 6.47. The molecule has 7 heteroatoms. The number of primary amides is 1. The molecule has 0 saturated heterocycles. The first-order valence-corrected chi connectivity index (χ1v) is 7.92. The highest BCUT2D eigenvalue weighted by atomic mass is 32.2. The molecular formula is C15H18N4O2S. The average Bonchev–Trinajstić information content (AvgIpc) is 2.93. The van der Waals surface area contributed by atoms with Crippen LogP contribution in [0.1, 0.15) is 23.7 Å². The number of rotatable bonds is 7. The molecule has 0 aliphatic rings. The second-order valence-electron chi connectivity index (χ2n) is 4.68. The minimum Gasteiger partial charge on any atom is -0.366 e. The first-order valence-electron chi connectivity index (χ1n) is 6.93. The van der Waals surface area contributed by atoms with Crippen molar-refractivity contribution in [2.24, 2.45) is 5.73 Å². The predicted molar refractivity (Wildman–Crippen MR) is 86.8 cm³/mol. The summed E-state index contributed by atoms with van der Waals surface area (Å²) in [5.41, 5.74) is 6.21. The highest BCUT2D eigenvalue weighted by molar-refractivity contribution is 7.99. The number of carbonyl (C=O) groups excluding carboxylic acids is 2. The molecule has 0 aliphatic carbocycles. The highest BCUT2D eigenvalue weighted by Crippen LogP contribution is 2.17. The summed E-state index contributed by atoms with van der Waals surface area (Å²) in [6.45, 7) is 2.98. The molecule has 0 spiro atoms. The summed E-state index contributed by atoms with van der Waals surface area (Å²) in [5, 5.41) is 3.61. The van der Waals surface area contributed by atoms with Gasteiger partial charge in [-0.2, -0.15) is 0 Å². The fourth-order valence-corrected chi connectivity index (χ4v) is 2.68. The number of hydrogen-bond acceptors (Lipinski definition) is 4. The topological polar surface area (TPSA) is 90.0 Å². The number of carbonyl (C=O) groups is 2. The number of nitrogens with one attached hydrogen (secondary N) is 1. The van der Waals surface area contributed by atoms with Crippen molar-refractivity contribution >= 4 is 29.3 Å². The molecule has 0 atom stereocenters. The Morgan fingerprint density at radius 3 is 2.68 bits per heavy atom. The van der Waals surface area contributed by atoms with Crippen LogP contribution in [0.15, 0.2) is 41.8 Å². The van der Waals surface area contributed by atoms with E-state index in [1.807, 2.05) is 10.8 Å². The van der Waals surface area contributed by atoms with Gasteiger partial charge in [-0.15, -0.1) is 0 Å². The van der Waals surface area contributed by atoms with Crippen LogP contribution in [-0.4, -0.2) is 27.1 Å². The van der Waals surface area contributed by atoms with Crippen LogP contribution in [0, 0.1) is 0 Å². The number of nitrogens with two attached hydrogens (primary N) is 1. The maximum atomic E-state index is 11.9. The van der Waals surface area contributed by atoms with Gasteiger partial charge in [0.2, 0.25) is 11.8 Å². The maximum Gasteiger partial charge on any atom is 0.248 e. The minimum absolute atomic E-state index is 0.122. The number of imidazole rings is 1. The number of benzene rings is 1. The Morgan fingerprint density at radius 2 is 2.05 bits per heavy atom. The summed E-state index contributed by atoms with van der Waals surface area (Å²) < 4.78 is 2.03. The molecule has 3 N–H and O–H groups in total. The largest absolute Gasteiger partial charge is 0.366 e. The monoisotopic (exact) mass is 318 g/mol. The summed E-state index contributed by atoms with van der Waals surface area (Å²) in [4.78, 5) is 27.2. The zero-order valence-electron chi connectivity index (χ0n) is 12.3. The van der Waals surface area contributed by atoms with Crippen LogP contribution in [0.2, 0.25) is 0 Å². The zero-order chi connectivity index (χ0) is 15.9. The number of hydrogen-bond donors (Lipinski definition) is 2. The number of aryl methyl sites for hydroxylation is 1. The number of nitrogens with zero attached hydrogens (tertiary/aromatic N) is 2. The minimum atomic E-state index is -0.490. The molecule has 116 valence electrons. The second kappa shape index (κ2) is 7.65. The average molecular weight is 318 g/mol. The van der Waals surface area contributed by atoms with Gasteiger partial charge in [-0.05, 0) is 30.7 Å². The van der Waals surface area contributed by atoms with Crippen LogP contribution in [0.5, 0.6) is 0 Å². The molecule has 0 aliphatic heterocycles. The predicted octanol–water partition coefficient (Wildman–Crippen LogP) is 2.12. The van der Waals surface area contributed by atoms with E-state index in [1.54, 1.807) is 30.5 Å². The highest BCUT2D eigenvalue weighted by Gasteiger charge is 2.08.